The van der Waals surface area contributed by atoms with E-state index in [1.165, 1.54) is 118 Å². The van der Waals surface area contributed by atoms with Gasteiger partial charge in [0.1, 0.15) is 0 Å². The molecule has 0 amide bonds. The molecule has 0 radical (unpaired) electrons. The van der Waals surface area contributed by atoms with E-state index < -0.39 is 0 Å². The molecule has 1 fully saturated rings. The number of fused-ring (bicyclic) bond motifs is 11. The van der Waals surface area contributed by atoms with E-state index in [0.29, 0.717) is 0 Å². The van der Waals surface area contributed by atoms with Crippen LogP contribution >= 0.6 is 11.3 Å². The molecule has 2 nitrogen and oxygen atoms in total. The minimum Gasteiger partial charge on any atom is -0.376 e. The zero-order chi connectivity index (χ0) is 39.4. The Morgan fingerprint density at radius 1 is 0.649 bits per heavy atom. The van der Waals surface area contributed by atoms with Crippen molar-refractivity contribution in [2.24, 2.45) is 0 Å². The molecule has 4 heteroatoms. The summed E-state index contributed by atoms with van der Waals surface area (Å²) in [5.41, 5.74) is 19.5. The third kappa shape index (κ3) is 4.71. The first-order chi connectivity index (χ1) is 27.2. The Morgan fingerprint density at radius 3 is 2.14 bits per heavy atom. The Balaban J connectivity index is 1.32. The van der Waals surface area contributed by atoms with Crippen molar-refractivity contribution in [2.45, 2.75) is 110 Å². The molecular formula is C53H53BN2S. The van der Waals surface area contributed by atoms with E-state index in [4.69, 9.17) is 0 Å². The number of aryl methyl sites for hydroxylation is 1. The van der Waals surface area contributed by atoms with Gasteiger partial charge >= 0.3 is 6.85 Å². The van der Waals surface area contributed by atoms with Crippen LogP contribution in [0.2, 0.25) is 0 Å². The van der Waals surface area contributed by atoms with Crippen LogP contribution in [0.4, 0.5) is 22.7 Å². The quantitative estimate of drug-likeness (QED) is 0.162. The molecule has 2 unspecified atom stereocenters. The summed E-state index contributed by atoms with van der Waals surface area (Å²) < 4.78 is 2.74. The molecule has 7 aromatic rings. The molecule has 0 saturated heterocycles. The molecule has 1 aromatic heterocycles. The SMILES string of the molecule is Cc1cc2c3c(c1)N1c4c(cc(C(C)(C)C)cc4C4(C)CCCCC14C)B3N(c1ccc(C(C)(C)C)cc1-c1ccccc1)c1ccc3c(sc4ccccc43)c1-2. The van der Waals surface area contributed by atoms with Crippen LogP contribution in [0.3, 0.4) is 0 Å². The summed E-state index contributed by atoms with van der Waals surface area (Å²) in [4.78, 5) is 5.68. The van der Waals surface area contributed by atoms with Crippen molar-refractivity contribution in [3.8, 4) is 22.3 Å². The van der Waals surface area contributed by atoms with Crippen LogP contribution in [-0.2, 0) is 16.2 Å². The summed E-state index contributed by atoms with van der Waals surface area (Å²) in [6.45, 7) is 21.8. The van der Waals surface area contributed by atoms with E-state index in [1.807, 2.05) is 11.3 Å². The highest BCUT2D eigenvalue weighted by Gasteiger charge is 2.62. The summed E-state index contributed by atoms with van der Waals surface area (Å²) in [7, 11) is 0. The lowest BCUT2D eigenvalue weighted by atomic mass is 9.43. The molecule has 3 aliphatic heterocycles. The third-order valence-electron chi connectivity index (χ3n) is 14.7. The smallest absolute Gasteiger partial charge is 0.333 e. The molecule has 11 rings (SSSR count). The molecule has 0 spiro atoms. The molecule has 6 aromatic carbocycles. The Kier molecular flexibility index (Phi) is 7.24. The lowest BCUT2D eigenvalue weighted by molar-refractivity contribution is 0.195. The fraction of sp³-hybridized carbons (Fsp3) is 0.321. The standard InChI is InChI=1S/C53H53BN2S/c1-32-27-39-46-43(24-22-37-36-19-13-14-20-45(36)57-49(37)46)56(42-23-21-34(50(2,3)4)29-38(42)33-17-11-10-12-18-33)54-41-31-35(51(5,6)7)30-40-48(41)55(44(28-32)47(39)54)53(9)26-16-15-25-52(40,53)8/h10-14,17-24,27-31H,15-16,25-26H2,1-9H3. The van der Waals surface area contributed by atoms with E-state index in [0.717, 1.165) is 0 Å². The van der Waals surface area contributed by atoms with Gasteiger partial charge in [-0.1, -0.05) is 140 Å². The second-order valence-corrected chi connectivity index (χ2v) is 21.2. The van der Waals surface area contributed by atoms with Gasteiger partial charge in [0.25, 0.3) is 0 Å². The highest BCUT2D eigenvalue weighted by Crippen LogP contribution is 2.63. The predicted octanol–water partition coefficient (Wildman–Crippen LogP) is 13.6. The van der Waals surface area contributed by atoms with Crippen molar-refractivity contribution in [3.63, 3.8) is 0 Å². The Morgan fingerprint density at radius 2 is 1.37 bits per heavy atom. The summed E-state index contributed by atoms with van der Waals surface area (Å²) >= 11 is 1.97. The van der Waals surface area contributed by atoms with Crippen LogP contribution in [0.15, 0.2) is 109 Å². The van der Waals surface area contributed by atoms with Crippen molar-refractivity contribution in [1.82, 2.24) is 0 Å². The Labute approximate surface area is 343 Å². The lowest BCUT2D eigenvalue weighted by Crippen LogP contribution is -2.64. The van der Waals surface area contributed by atoms with Crippen molar-refractivity contribution in [1.29, 1.82) is 0 Å². The van der Waals surface area contributed by atoms with Gasteiger partial charge in [0.15, 0.2) is 0 Å². The number of hydrogen-bond donors (Lipinski definition) is 0. The number of anilines is 4. The van der Waals surface area contributed by atoms with Gasteiger partial charge in [-0.25, -0.2) is 0 Å². The van der Waals surface area contributed by atoms with E-state index >= 15 is 0 Å². The molecule has 1 saturated carbocycles. The van der Waals surface area contributed by atoms with E-state index in [2.05, 4.69) is 181 Å². The molecular weight excluding hydrogens is 707 g/mol. The van der Waals surface area contributed by atoms with Crippen LogP contribution in [0.5, 0.6) is 0 Å². The normalized spacial score (nSPS) is 20.8. The highest BCUT2D eigenvalue weighted by molar-refractivity contribution is 7.26. The van der Waals surface area contributed by atoms with Crippen molar-refractivity contribution >= 4 is 72.0 Å². The summed E-state index contributed by atoms with van der Waals surface area (Å²) in [5.74, 6) is 0. The van der Waals surface area contributed by atoms with Gasteiger partial charge < -0.3 is 9.71 Å². The summed E-state index contributed by atoms with van der Waals surface area (Å²) in [5, 5.41) is 2.71. The van der Waals surface area contributed by atoms with Crippen LogP contribution in [0.1, 0.15) is 103 Å². The summed E-state index contributed by atoms with van der Waals surface area (Å²) in [6.07, 6.45) is 4.97. The second-order valence-electron chi connectivity index (χ2n) is 20.2. The second kappa shape index (κ2) is 11.7. The van der Waals surface area contributed by atoms with Crippen LogP contribution in [0, 0.1) is 6.92 Å². The number of thiophene rings is 1. The fourth-order valence-corrected chi connectivity index (χ4v) is 12.7. The Bertz CT molecular complexity index is 2840. The van der Waals surface area contributed by atoms with Crippen LogP contribution < -0.4 is 20.6 Å². The predicted molar refractivity (Wildman–Crippen MR) is 249 cm³/mol. The van der Waals surface area contributed by atoms with Crippen LogP contribution in [-0.4, -0.2) is 12.4 Å². The number of nitrogens with zero attached hydrogens (tertiary/aromatic N) is 2. The molecule has 0 bridgehead atoms. The molecule has 57 heavy (non-hydrogen) atoms. The van der Waals surface area contributed by atoms with Crippen molar-refractivity contribution < 1.29 is 0 Å². The highest BCUT2D eigenvalue weighted by atomic mass is 32.1. The molecule has 0 N–H and O–H groups in total. The number of hydrogen-bond acceptors (Lipinski definition) is 3. The molecule has 4 aliphatic rings. The van der Waals surface area contributed by atoms with E-state index in [1.54, 1.807) is 5.56 Å². The average Bonchev–Trinajstić information content (AvgIpc) is 3.66. The van der Waals surface area contributed by atoms with E-state index in [9.17, 15) is 0 Å². The molecule has 284 valence electrons. The van der Waals surface area contributed by atoms with Gasteiger partial charge in [0.2, 0.25) is 0 Å². The first kappa shape index (κ1) is 35.4. The van der Waals surface area contributed by atoms with Gasteiger partial charge in [-0.3, -0.25) is 0 Å². The summed E-state index contributed by atoms with van der Waals surface area (Å²) in [6, 6.07) is 42.8. The van der Waals surface area contributed by atoms with Gasteiger partial charge in [0, 0.05) is 59.5 Å². The monoisotopic (exact) mass is 760 g/mol. The first-order valence-corrected chi connectivity index (χ1v) is 22.1. The maximum absolute atomic E-state index is 2.89. The minimum absolute atomic E-state index is 0.000953. The molecule has 1 aliphatic carbocycles. The minimum atomic E-state index is -0.0241. The van der Waals surface area contributed by atoms with Gasteiger partial charge in [-0.2, -0.15) is 0 Å². The van der Waals surface area contributed by atoms with Crippen molar-refractivity contribution in [2.75, 3.05) is 9.71 Å². The molecule has 2 atom stereocenters. The van der Waals surface area contributed by atoms with Gasteiger partial charge in [-0.05, 0) is 112 Å². The van der Waals surface area contributed by atoms with E-state index in [-0.39, 0.29) is 28.6 Å². The lowest BCUT2D eigenvalue weighted by Gasteiger charge is -2.53. The Hall–Kier alpha value is -4.80. The third-order valence-corrected chi connectivity index (χ3v) is 15.9. The van der Waals surface area contributed by atoms with Crippen LogP contribution in [0.25, 0.3) is 42.4 Å². The van der Waals surface area contributed by atoms with Crippen molar-refractivity contribution in [3.05, 3.63) is 131 Å². The topological polar surface area (TPSA) is 6.48 Å². The fourth-order valence-electron chi connectivity index (χ4n) is 11.5. The zero-order valence-electron chi connectivity index (χ0n) is 35.1. The number of benzene rings is 6. The van der Waals surface area contributed by atoms with Gasteiger partial charge in [-0.15, -0.1) is 11.3 Å². The number of rotatable bonds is 2. The maximum Gasteiger partial charge on any atom is 0.333 e. The van der Waals surface area contributed by atoms with Gasteiger partial charge in [0.05, 0.1) is 5.54 Å². The first-order valence-electron chi connectivity index (χ1n) is 21.3. The molecule has 4 heterocycles. The largest absolute Gasteiger partial charge is 0.376 e. The zero-order valence-corrected chi connectivity index (χ0v) is 35.9. The average molecular weight is 761 g/mol. The maximum atomic E-state index is 2.89.